The van der Waals surface area contributed by atoms with Gasteiger partial charge in [0.15, 0.2) is 5.78 Å². The first-order chi connectivity index (χ1) is 14.7. The first-order valence-electron chi connectivity index (χ1n) is 11.4. The molecule has 1 fully saturated rings. The lowest BCUT2D eigenvalue weighted by Crippen LogP contribution is -2.36. The van der Waals surface area contributed by atoms with E-state index in [1.54, 1.807) is 7.11 Å². The maximum absolute atomic E-state index is 13.5. The van der Waals surface area contributed by atoms with Gasteiger partial charge in [0.2, 0.25) is 0 Å². The standard InChI is InChI=1S/C26H31NO3/c1-29-22-7-8-24-19(15-22)9-10-26(25(24)28)17-20-5-6-23(16-21(20)18-26)30-14-13-27-11-3-2-4-12-27/h5-8,15-16H,2-4,9-14,17-18H2,1H3. The molecule has 1 spiro atoms. The predicted octanol–water partition coefficient (Wildman–Crippen LogP) is 4.47. The van der Waals surface area contributed by atoms with Crippen LogP contribution in [0.4, 0.5) is 0 Å². The highest BCUT2D eigenvalue weighted by atomic mass is 16.5. The minimum Gasteiger partial charge on any atom is -0.497 e. The molecule has 0 bridgehead atoms. The number of benzene rings is 2. The number of piperidine rings is 1. The zero-order chi connectivity index (χ0) is 20.6. The van der Waals surface area contributed by atoms with Crippen molar-refractivity contribution in [1.82, 2.24) is 4.90 Å². The van der Waals surface area contributed by atoms with Crippen LogP contribution in [0.2, 0.25) is 0 Å². The van der Waals surface area contributed by atoms with E-state index in [1.807, 2.05) is 18.2 Å². The van der Waals surface area contributed by atoms with Gasteiger partial charge in [0.25, 0.3) is 0 Å². The Labute approximate surface area is 179 Å². The van der Waals surface area contributed by atoms with Crippen LogP contribution in [0.1, 0.15) is 52.7 Å². The summed E-state index contributed by atoms with van der Waals surface area (Å²) >= 11 is 0. The number of fused-ring (bicyclic) bond motifs is 2. The van der Waals surface area contributed by atoms with E-state index in [1.165, 1.54) is 43.5 Å². The van der Waals surface area contributed by atoms with Gasteiger partial charge >= 0.3 is 0 Å². The quantitative estimate of drug-likeness (QED) is 0.736. The average molecular weight is 406 g/mol. The van der Waals surface area contributed by atoms with E-state index in [4.69, 9.17) is 9.47 Å². The first kappa shape index (κ1) is 19.6. The number of methoxy groups -OCH3 is 1. The number of hydrogen-bond donors (Lipinski definition) is 0. The summed E-state index contributed by atoms with van der Waals surface area (Å²) in [6.45, 7) is 4.13. The lowest BCUT2D eigenvalue weighted by atomic mass is 9.68. The maximum Gasteiger partial charge on any atom is 0.169 e. The molecule has 0 radical (unpaired) electrons. The summed E-state index contributed by atoms with van der Waals surface area (Å²) in [5.41, 5.74) is 4.33. The van der Waals surface area contributed by atoms with E-state index in [0.29, 0.717) is 5.78 Å². The van der Waals surface area contributed by atoms with Gasteiger partial charge in [0, 0.05) is 17.5 Å². The van der Waals surface area contributed by atoms with Crippen LogP contribution < -0.4 is 9.47 Å². The molecule has 5 rings (SSSR count). The summed E-state index contributed by atoms with van der Waals surface area (Å²) in [5.74, 6) is 2.07. The number of hydrogen-bond acceptors (Lipinski definition) is 4. The van der Waals surface area contributed by atoms with Crippen LogP contribution in [0, 0.1) is 5.41 Å². The van der Waals surface area contributed by atoms with Gasteiger partial charge in [-0.05, 0) is 98.6 Å². The molecule has 30 heavy (non-hydrogen) atoms. The van der Waals surface area contributed by atoms with Crippen LogP contribution in [0.3, 0.4) is 0 Å². The number of nitrogens with zero attached hydrogens (tertiary/aromatic N) is 1. The molecule has 0 aromatic heterocycles. The Morgan fingerprint density at radius 1 is 0.933 bits per heavy atom. The van der Waals surface area contributed by atoms with Crippen molar-refractivity contribution in [1.29, 1.82) is 0 Å². The molecule has 0 N–H and O–H groups in total. The molecule has 1 heterocycles. The second kappa shape index (κ2) is 8.07. The van der Waals surface area contributed by atoms with E-state index < -0.39 is 0 Å². The SMILES string of the molecule is COc1ccc2c(c1)CCC1(Cc3ccc(OCCN4CCCCC4)cc3C1)C2=O. The van der Waals surface area contributed by atoms with Crippen LogP contribution in [0.5, 0.6) is 11.5 Å². The summed E-state index contributed by atoms with van der Waals surface area (Å²) in [6.07, 6.45) is 7.50. The highest BCUT2D eigenvalue weighted by molar-refractivity contribution is 6.03. The third-order valence-electron chi connectivity index (χ3n) is 7.27. The molecule has 2 aromatic carbocycles. The van der Waals surface area contributed by atoms with Crippen molar-refractivity contribution in [3.8, 4) is 11.5 Å². The Morgan fingerprint density at radius 3 is 2.53 bits per heavy atom. The molecule has 2 aliphatic carbocycles. The highest BCUT2D eigenvalue weighted by Gasteiger charge is 2.46. The number of ketones is 1. The Balaban J connectivity index is 1.27. The molecule has 2 aromatic rings. The average Bonchev–Trinajstić information content (AvgIpc) is 3.16. The third-order valence-corrected chi connectivity index (χ3v) is 7.27. The summed E-state index contributed by atoms with van der Waals surface area (Å²) in [6, 6.07) is 12.3. The van der Waals surface area contributed by atoms with Crippen molar-refractivity contribution in [3.05, 3.63) is 58.7 Å². The molecule has 4 nitrogen and oxygen atoms in total. The van der Waals surface area contributed by atoms with Crippen molar-refractivity contribution in [2.75, 3.05) is 33.4 Å². The second-order valence-electron chi connectivity index (χ2n) is 9.17. The molecule has 158 valence electrons. The molecule has 0 saturated carbocycles. The molecule has 3 aliphatic rings. The molecule has 1 saturated heterocycles. The van der Waals surface area contributed by atoms with Gasteiger partial charge in [-0.3, -0.25) is 9.69 Å². The lowest BCUT2D eigenvalue weighted by molar-refractivity contribution is 0.0771. The largest absolute Gasteiger partial charge is 0.497 e. The fourth-order valence-corrected chi connectivity index (χ4v) is 5.53. The topological polar surface area (TPSA) is 38.8 Å². The first-order valence-corrected chi connectivity index (χ1v) is 11.4. The van der Waals surface area contributed by atoms with E-state index in [9.17, 15) is 4.79 Å². The minimum atomic E-state index is -0.281. The fourth-order valence-electron chi connectivity index (χ4n) is 5.53. The van der Waals surface area contributed by atoms with Crippen LogP contribution in [-0.4, -0.2) is 44.0 Å². The number of ether oxygens (including phenoxy) is 2. The Hall–Kier alpha value is -2.33. The Kier molecular flexibility index (Phi) is 5.28. The number of rotatable bonds is 5. The van der Waals surface area contributed by atoms with E-state index in [0.717, 1.165) is 61.5 Å². The molecular formula is C26H31NO3. The molecule has 4 heteroatoms. The van der Waals surface area contributed by atoms with Gasteiger partial charge < -0.3 is 9.47 Å². The summed E-state index contributed by atoms with van der Waals surface area (Å²) in [4.78, 5) is 16.0. The summed E-state index contributed by atoms with van der Waals surface area (Å²) in [5, 5.41) is 0. The minimum absolute atomic E-state index is 0.281. The van der Waals surface area contributed by atoms with Crippen LogP contribution in [0.15, 0.2) is 36.4 Å². The van der Waals surface area contributed by atoms with Gasteiger partial charge in [0.05, 0.1) is 7.11 Å². The van der Waals surface area contributed by atoms with Gasteiger partial charge in [-0.25, -0.2) is 0 Å². The number of carbonyl (C=O) groups is 1. The second-order valence-corrected chi connectivity index (χ2v) is 9.17. The van der Waals surface area contributed by atoms with Crippen molar-refractivity contribution in [3.63, 3.8) is 0 Å². The fraction of sp³-hybridized carbons (Fsp3) is 0.500. The third kappa shape index (κ3) is 3.62. The smallest absolute Gasteiger partial charge is 0.169 e. The summed E-state index contributed by atoms with van der Waals surface area (Å²) < 4.78 is 11.4. The molecule has 1 unspecified atom stereocenters. The number of carbonyl (C=O) groups excluding carboxylic acids is 1. The van der Waals surface area contributed by atoms with E-state index in [2.05, 4.69) is 23.1 Å². The van der Waals surface area contributed by atoms with Crippen molar-refractivity contribution in [2.45, 2.75) is 44.9 Å². The summed E-state index contributed by atoms with van der Waals surface area (Å²) in [7, 11) is 1.67. The molecule has 0 amide bonds. The van der Waals surface area contributed by atoms with Crippen molar-refractivity contribution >= 4 is 5.78 Å². The predicted molar refractivity (Wildman–Crippen MR) is 118 cm³/mol. The monoisotopic (exact) mass is 405 g/mol. The molecular weight excluding hydrogens is 374 g/mol. The Morgan fingerprint density at radius 2 is 1.70 bits per heavy atom. The Bertz CT molecular complexity index is 947. The van der Waals surface area contributed by atoms with Gasteiger partial charge in [-0.2, -0.15) is 0 Å². The number of Topliss-reactive ketones (excluding diaryl/α,β-unsaturated/α-hetero) is 1. The van der Waals surface area contributed by atoms with Crippen LogP contribution in [0.25, 0.3) is 0 Å². The van der Waals surface area contributed by atoms with Crippen LogP contribution >= 0.6 is 0 Å². The maximum atomic E-state index is 13.5. The number of likely N-dealkylation sites (tertiary alicyclic amines) is 1. The van der Waals surface area contributed by atoms with Gasteiger partial charge in [-0.15, -0.1) is 0 Å². The highest BCUT2D eigenvalue weighted by Crippen LogP contribution is 2.47. The molecule has 1 aliphatic heterocycles. The van der Waals surface area contributed by atoms with E-state index in [-0.39, 0.29) is 5.41 Å². The van der Waals surface area contributed by atoms with Gasteiger partial charge in [-0.1, -0.05) is 12.5 Å². The normalized spacial score (nSPS) is 23.3. The van der Waals surface area contributed by atoms with Crippen LogP contribution in [-0.2, 0) is 19.3 Å². The van der Waals surface area contributed by atoms with Crippen molar-refractivity contribution < 1.29 is 14.3 Å². The number of aryl methyl sites for hydroxylation is 1. The lowest BCUT2D eigenvalue weighted by Gasteiger charge is -2.33. The zero-order valence-corrected chi connectivity index (χ0v) is 17.9. The van der Waals surface area contributed by atoms with Gasteiger partial charge in [0.1, 0.15) is 18.1 Å². The zero-order valence-electron chi connectivity index (χ0n) is 17.9. The molecule has 1 atom stereocenters. The van der Waals surface area contributed by atoms with E-state index >= 15 is 0 Å². The van der Waals surface area contributed by atoms with Crippen molar-refractivity contribution in [2.24, 2.45) is 5.41 Å².